The molecule has 0 aliphatic carbocycles. The highest BCUT2D eigenvalue weighted by Gasteiger charge is 2.11. The van der Waals surface area contributed by atoms with Crippen LogP contribution in [0.1, 0.15) is 29.8 Å². The van der Waals surface area contributed by atoms with Crippen LogP contribution in [-0.2, 0) is 6.42 Å². The number of anilines is 1. The summed E-state index contributed by atoms with van der Waals surface area (Å²) in [4.78, 5) is 27.3. The van der Waals surface area contributed by atoms with Crippen molar-refractivity contribution in [2.45, 2.75) is 26.3 Å². The molecule has 1 atom stereocenters. The van der Waals surface area contributed by atoms with Gasteiger partial charge in [-0.2, -0.15) is 0 Å². The normalized spacial score (nSPS) is 11.7. The van der Waals surface area contributed by atoms with Gasteiger partial charge >= 0.3 is 0 Å². The summed E-state index contributed by atoms with van der Waals surface area (Å²) < 4.78 is 0. The molecule has 2 aromatic heterocycles. The van der Waals surface area contributed by atoms with Crippen molar-refractivity contribution < 1.29 is 4.79 Å². The fraction of sp³-hybridized carbons (Fsp3) is 0.273. The fourth-order valence-electron chi connectivity index (χ4n) is 2.90. The molecule has 0 saturated heterocycles. The van der Waals surface area contributed by atoms with Gasteiger partial charge in [-0.1, -0.05) is 18.2 Å². The first-order valence-corrected chi connectivity index (χ1v) is 9.40. The number of nitrogens with zero attached hydrogens (tertiary/aromatic N) is 4. The summed E-state index contributed by atoms with van der Waals surface area (Å²) in [5.74, 6) is 0.788. The van der Waals surface area contributed by atoms with Gasteiger partial charge in [0.15, 0.2) is 0 Å². The minimum Gasteiger partial charge on any atom is -0.360 e. The highest BCUT2D eigenvalue weighted by Crippen LogP contribution is 2.20. The summed E-state index contributed by atoms with van der Waals surface area (Å²) in [7, 11) is 1.99. The Morgan fingerprint density at radius 3 is 2.64 bits per heavy atom. The van der Waals surface area contributed by atoms with E-state index in [-0.39, 0.29) is 11.9 Å². The number of carbonyl (C=O) groups excluding carboxylic acids is 1. The molecule has 1 amide bonds. The van der Waals surface area contributed by atoms with Crippen LogP contribution in [0.15, 0.2) is 61.2 Å². The van der Waals surface area contributed by atoms with Gasteiger partial charge in [-0.05, 0) is 44.0 Å². The Balaban J connectivity index is 1.66. The zero-order chi connectivity index (χ0) is 19.9. The van der Waals surface area contributed by atoms with Gasteiger partial charge < -0.3 is 10.2 Å². The predicted molar refractivity (Wildman–Crippen MR) is 111 cm³/mol. The Labute approximate surface area is 165 Å². The first-order valence-electron chi connectivity index (χ1n) is 9.40. The van der Waals surface area contributed by atoms with Crippen molar-refractivity contribution in [3.05, 3.63) is 72.3 Å². The highest BCUT2D eigenvalue weighted by molar-refractivity contribution is 5.94. The molecule has 0 fully saturated rings. The largest absolute Gasteiger partial charge is 0.360 e. The number of amides is 1. The molecule has 3 rings (SSSR count). The molecular weight excluding hydrogens is 350 g/mol. The molecule has 28 heavy (non-hydrogen) atoms. The van der Waals surface area contributed by atoms with E-state index in [0.717, 1.165) is 35.6 Å². The van der Waals surface area contributed by atoms with Gasteiger partial charge in [-0.3, -0.25) is 9.78 Å². The van der Waals surface area contributed by atoms with E-state index in [1.807, 2.05) is 62.6 Å². The van der Waals surface area contributed by atoms with Crippen molar-refractivity contribution in [2.75, 3.05) is 18.5 Å². The molecule has 2 heterocycles. The molecule has 6 heteroatoms. The number of nitrogens with one attached hydrogen (secondary N) is 1. The van der Waals surface area contributed by atoms with E-state index < -0.39 is 0 Å². The summed E-state index contributed by atoms with van der Waals surface area (Å²) in [6.07, 6.45) is 5.88. The molecule has 0 spiro atoms. The number of pyridine rings is 1. The number of rotatable bonds is 7. The Bertz CT molecular complexity index is 912. The quantitative estimate of drug-likeness (QED) is 0.686. The molecular formula is C22H25N5O. The van der Waals surface area contributed by atoms with E-state index in [2.05, 4.69) is 32.1 Å². The zero-order valence-electron chi connectivity index (χ0n) is 16.5. The molecule has 144 valence electrons. The lowest BCUT2D eigenvalue weighted by Gasteiger charge is -2.16. The summed E-state index contributed by atoms with van der Waals surface area (Å²) in [5.41, 5.74) is 3.51. The van der Waals surface area contributed by atoms with E-state index in [4.69, 9.17) is 0 Å². The zero-order valence-corrected chi connectivity index (χ0v) is 16.5. The second kappa shape index (κ2) is 9.08. The summed E-state index contributed by atoms with van der Waals surface area (Å²) >= 11 is 0. The lowest BCUT2D eigenvalue weighted by Crippen LogP contribution is -2.34. The summed E-state index contributed by atoms with van der Waals surface area (Å²) in [5, 5.41) is 3.04. The Morgan fingerprint density at radius 1 is 1.18 bits per heavy atom. The Morgan fingerprint density at radius 2 is 1.96 bits per heavy atom. The van der Waals surface area contributed by atoms with Gasteiger partial charge in [0, 0.05) is 49.2 Å². The molecule has 0 unspecified atom stereocenters. The van der Waals surface area contributed by atoms with Crippen LogP contribution in [0.3, 0.4) is 0 Å². The van der Waals surface area contributed by atoms with Crippen molar-refractivity contribution in [1.82, 2.24) is 20.3 Å². The molecule has 0 bridgehead atoms. The smallest absolute Gasteiger partial charge is 0.251 e. The molecule has 0 saturated carbocycles. The van der Waals surface area contributed by atoms with Crippen LogP contribution in [0, 0.1) is 0 Å². The molecule has 6 nitrogen and oxygen atoms in total. The topological polar surface area (TPSA) is 71.0 Å². The van der Waals surface area contributed by atoms with E-state index >= 15 is 0 Å². The lowest BCUT2D eigenvalue weighted by molar-refractivity contribution is 0.0940. The van der Waals surface area contributed by atoms with Gasteiger partial charge in [0.2, 0.25) is 0 Å². The number of hydrogen-bond donors (Lipinski definition) is 1. The first kappa shape index (κ1) is 19.5. The first-order chi connectivity index (χ1) is 13.6. The third-order valence-corrected chi connectivity index (χ3v) is 4.60. The van der Waals surface area contributed by atoms with E-state index in [9.17, 15) is 4.79 Å². The average Bonchev–Trinajstić information content (AvgIpc) is 2.74. The van der Waals surface area contributed by atoms with Gasteiger partial charge in [-0.25, -0.2) is 9.97 Å². The van der Waals surface area contributed by atoms with Crippen LogP contribution in [0.4, 0.5) is 5.82 Å². The molecule has 1 aromatic carbocycles. The number of hydrogen-bond acceptors (Lipinski definition) is 5. The predicted octanol–water partition coefficient (Wildman–Crippen LogP) is 3.36. The van der Waals surface area contributed by atoms with Gasteiger partial charge in [0.1, 0.15) is 12.1 Å². The molecule has 0 radical (unpaired) electrons. The minimum absolute atomic E-state index is 0.0189. The highest BCUT2D eigenvalue weighted by atomic mass is 16.1. The van der Waals surface area contributed by atoms with Gasteiger partial charge in [-0.15, -0.1) is 0 Å². The number of aromatic nitrogens is 3. The standard InChI is InChI=1S/C22H25N5O/c1-4-27(3)21-13-20(24-15-25-21)18-7-9-19(10-8-18)22(28)26-16(2)12-17-6-5-11-23-14-17/h5-11,13-16H,4,12H2,1-3H3,(H,26,28)/t16-/m1/s1. The SMILES string of the molecule is CCN(C)c1cc(-c2ccc(C(=O)N[C@H](C)Cc3cccnc3)cc2)ncn1. The molecule has 0 aliphatic rings. The van der Waals surface area contributed by atoms with Crippen LogP contribution < -0.4 is 10.2 Å². The van der Waals surface area contributed by atoms with Crippen molar-refractivity contribution in [2.24, 2.45) is 0 Å². The second-order valence-electron chi connectivity index (χ2n) is 6.79. The second-order valence-corrected chi connectivity index (χ2v) is 6.79. The Kier molecular flexibility index (Phi) is 6.32. The maximum Gasteiger partial charge on any atom is 0.251 e. The molecule has 3 aromatic rings. The van der Waals surface area contributed by atoms with Crippen LogP contribution in [-0.4, -0.2) is 40.5 Å². The van der Waals surface area contributed by atoms with Crippen LogP contribution in [0.2, 0.25) is 0 Å². The summed E-state index contributed by atoms with van der Waals surface area (Å²) in [6.45, 7) is 4.93. The van der Waals surface area contributed by atoms with Crippen molar-refractivity contribution >= 4 is 11.7 Å². The maximum absolute atomic E-state index is 12.5. The van der Waals surface area contributed by atoms with Crippen molar-refractivity contribution in [3.8, 4) is 11.3 Å². The van der Waals surface area contributed by atoms with Crippen molar-refractivity contribution in [1.29, 1.82) is 0 Å². The van der Waals surface area contributed by atoms with Gasteiger partial charge in [0.25, 0.3) is 5.91 Å². The molecule has 1 N–H and O–H groups in total. The van der Waals surface area contributed by atoms with E-state index in [0.29, 0.717) is 5.56 Å². The number of benzene rings is 1. The number of carbonyl (C=O) groups is 1. The third kappa shape index (κ3) is 4.91. The van der Waals surface area contributed by atoms with Crippen LogP contribution >= 0.6 is 0 Å². The van der Waals surface area contributed by atoms with Crippen LogP contribution in [0.5, 0.6) is 0 Å². The van der Waals surface area contributed by atoms with Crippen LogP contribution in [0.25, 0.3) is 11.3 Å². The van der Waals surface area contributed by atoms with Crippen molar-refractivity contribution in [3.63, 3.8) is 0 Å². The monoisotopic (exact) mass is 375 g/mol. The fourth-order valence-corrected chi connectivity index (χ4v) is 2.90. The average molecular weight is 375 g/mol. The van der Waals surface area contributed by atoms with E-state index in [1.54, 1.807) is 12.5 Å². The van der Waals surface area contributed by atoms with E-state index in [1.165, 1.54) is 0 Å². The summed E-state index contributed by atoms with van der Waals surface area (Å²) in [6, 6.07) is 13.4. The minimum atomic E-state index is -0.0861. The van der Waals surface area contributed by atoms with Gasteiger partial charge in [0.05, 0.1) is 5.69 Å². The Hall–Kier alpha value is -3.28. The maximum atomic E-state index is 12.5. The third-order valence-electron chi connectivity index (χ3n) is 4.60. The molecule has 0 aliphatic heterocycles. The lowest BCUT2D eigenvalue weighted by atomic mass is 10.1.